The van der Waals surface area contributed by atoms with Gasteiger partial charge in [0, 0.05) is 18.3 Å². The lowest BCUT2D eigenvalue weighted by Gasteiger charge is -2.21. The van der Waals surface area contributed by atoms with Crippen molar-refractivity contribution in [2.24, 2.45) is 0 Å². The van der Waals surface area contributed by atoms with Gasteiger partial charge in [0.25, 0.3) is 0 Å². The maximum Gasteiger partial charge on any atom is 0.324 e. The van der Waals surface area contributed by atoms with Gasteiger partial charge in [0.15, 0.2) is 11.6 Å². The summed E-state index contributed by atoms with van der Waals surface area (Å²) in [6.45, 7) is 0.163. The molecule has 0 saturated carbocycles. The molecule has 0 unspecified atom stereocenters. The standard InChI is InChI=1S/C23H22ClN7O5S/c1-31(18-4-3-9-25-12-18)37(32,33)30-21-20(16-5-7-17(24)8-6-16)22(29-15-28-21)35-10-11-36-23-26-13-19(34-2)14-27-23/h3-9,12-15H,10-11H2,1-2H3,(H,28,29,30). The van der Waals surface area contributed by atoms with Gasteiger partial charge in [-0.3, -0.25) is 9.29 Å². The average molecular weight is 544 g/mol. The predicted octanol–water partition coefficient (Wildman–Crippen LogP) is 3.24. The molecule has 0 spiro atoms. The van der Waals surface area contributed by atoms with Gasteiger partial charge in [-0.1, -0.05) is 23.7 Å². The predicted molar refractivity (Wildman–Crippen MR) is 137 cm³/mol. The van der Waals surface area contributed by atoms with Crippen molar-refractivity contribution in [3.8, 4) is 28.8 Å². The van der Waals surface area contributed by atoms with Gasteiger partial charge < -0.3 is 14.2 Å². The van der Waals surface area contributed by atoms with Crippen LogP contribution in [0.1, 0.15) is 0 Å². The monoisotopic (exact) mass is 543 g/mol. The van der Waals surface area contributed by atoms with E-state index in [0.29, 0.717) is 27.6 Å². The minimum Gasteiger partial charge on any atom is -0.494 e. The van der Waals surface area contributed by atoms with Crippen LogP contribution < -0.4 is 23.2 Å². The first-order valence-corrected chi connectivity index (χ1v) is 12.6. The highest BCUT2D eigenvalue weighted by Crippen LogP contribution is 2.35. The highest BCUT2D eigenvalue weighted by molar-refractivity contribution is 7.94. The van der Waals surface area contributed by atoms with Crippen molar-refractivity contribution in [2.45, 2.75) is 0 Å². The number of benzene rings is 1. The van der Waals surface area contributed by atoms with E-state index in [1.165, 1.54) is 39.1 Å². The number of aromatic nitrogens is 5. The zero-order valence-electron chi connectivity index (χ0n) is 19.8. The van der Waals surface area contributed by atoms with E-state index in [-0.39, 0.29) is 30.9 Å². The van der Waals surface area contributed by atoms with Gasteiger partial charge in [0.2, 0.25) is 5.88 Å². The smallest absolute Gasteiger partial charge is 0.324 e. The van der Waals surface area contributed by atoms with Gasteiger partial charge in [0.1, 0.15) is 19.5 Å². The third kappa shape index (κ3) is 6.51. The van der Waals surface area contributed by atoms with Gasteiger partial charge in [-0.15, -0.1) is 0 Å². The molecule has 0 atom stereocenters. The summed E-state index contributed by atoms with van der Waals surface area (Å²) in [4.78, 5) is 20.4. The van der Waals surface area contributed by atoms with Crippen LogP contribution in [0.4, 0.5) is 11.5 Å². The molecule has 0 amide bonds. The number of pyridine rings is 1. The second-order valence-electron chi connectivity index (χ2n) is 7.30. The van der Waals surface area contributed by atoms with Gasteiger partial charge in [-0.2, -0.15) is 18.4 Å². The van der Waals surface area contributed by atoms with E-state index in [4.69, 9.17) is 25.8 Å². The van der Waals surface area contributed by atoms with Crippen molar-refractivity contribution >= 4 is 33.3 Å². The number of methoxy groups -OCH3 is 1. The SMILES string of the molecule is COc1cnc(OCCOc2ncnc(NS(=O)(=O)N(C)c3cccnc3)c2-c2ccc(Cl)cc2)nc1. The average Bonchev–Trinajstić information content (AvgIpc) is 2.92. The zero-order valence-corrected chi connectivity index (χ0v) is 21.3. The largest absolute Gasteiger partial charge is 0.494 e. The fourth-order valence-electron chi connectivity index (χ4n) is 3.06. The van der Waals surface area contributed by atoms with Crippen molar-refractivity contribution in [2.75, 3.05) is 36.4 Å². The first-order valence-electron chi connectivity index (χ1n) is 10.8. The molecule has 0 saturated heterocycles. The van der Waals surface area contributed by atoms with Crippen LogP contribution in [0, 0.1) is 0 Å². The Morgan fingerprint density at radius 1 is 0.973 bits per heavy atom. The summed E-state index contributed by atoms with van der Waals surface area (Å²) in [6, 6.07) is 10.1. The first kappa shape index (κ1) is 25.9. The molecule has 0 bridgehead atoms. The van der Waals surface area contributed by atoms with Gasteiger partial charge in [0.05, 0.1) is 37.0 Å². The summed E-state index contributed by atoms with van der Waals surface area (Å²) < 4.78 is 46.2. The molecule has 0 aliphatic heterocycles. The molecule has 0 aliphatic carbocycles. The Kier molecular flexibility index (Phi) is 8.15. The number of nitrogens with one attached hydrogen (secondary N) is 1. The Labute approximate surface area is 218 Å². The highest BCUT2D eigenvalue weighted by atomic mass is 35.5. The quantitative estimate of drug-likeness (QED) is 0.280. The van der Waals surface area contributed by atoms with Crippen LogP contribution in [0.25, 0.3) is 11.1 Å². The Balaban J connectivity index is 1.56. The van der Waals surface area contributed by atoms with E-state index in [2.05, 4.69) is 29.6 Å². The summed E-state index contributed by atoms with van der Waals surface area (Å²) in [5.74, 6) is 0.655. The minimum absolute atomic E-state index is 0.0162. The molecule has 14 heteroatoms. The van der Waals surface area contributed by atoms with Crippen molar-refractivity contribution in [3.05, 3.63) is 72.5 Å². The van der Waals surface area contributed by atoms with Crippen LogP contribution in [0.2, 0.25) is 5.02 Å². The summed E-state index contributed by atoms with van der Waals surface area (Å²) in [5, 5.41) is 0.509. The van der Waals surface area contributed by atoms with Crippen LogP contribution in [-0.2, 0) is 10.2 Å². The van der Waals surface area contributed by atoms with Gasteiger partial charge in [-0.05, 0) is 29.8 Å². The molecular formula is C23H22ClN7O5S. The molecule has 1 N–H and O–H groups in total. The second-order valence-corrected chi connectivity index (χ2v) is 9.44. The van der Waals surface area contributed by atoms with Crippen LogP contribution in [0.3, 0.4) is 0 Å². The molecule has 12 nitrogen and oxygen atoms in total. The summed E-state index contributed by atoms with van der Waals surface area (Å²) >= 11 is 6.05. The molecule has 4 rings (SSSR count). The number of nitrogens with zero attached hydrogens (tertiary/aromatic N) is 6. The number of anilines is 2. The zero-order chi connectivity index (χ0) is 26.3. The van der Waals surface area contributed by atoms with E-state index < -0.39 is 10.2 Å². The molecule has 0 radical (unpaired) electrons. The molecule has 0 aliphatic rings. The van der Waals surface area contributed by atoms with Crippen LogP contribution in [0.5, 0.6) is 17.6 Å². The fourth-order valence-corrected chi connectivity index (χ4v) is 4.11. The molecule has 1 aromatic carbocycles. The highest BCUT2D eigenvalue weighted by Gasteiger charge is 2.24. The Hall–Kier alpha value is -4.23. The van der Waals surface area contributed by atoms with Crippen molar-refractivity contribution < 1.29 is 22.6 Å². The fraction of sp³-hybridized carbons (Fsp3) is 0.174. The lowest BCUT2D eigenvalue weighted by atomic mass is 10.1. The van der Waals surface area contributed by atoms with Crippen LogP contribution >= 0.6 is 11.6 Å². The van der Waals surface area contributed by atoms with Crippen LogP contribution in [-0.4, -0.2) is 60.7 Å². The summed E-state index contributed by atoms with van der Waals surface area (Å²) in [7, 11) is -1.16. The van der Waals surface area contributed by atoms with Crippen LogP contribution in [0.15, 0.2) is 67.5 Å². The third-order valence-electron chi connectivity index (χ3n) is 4.93. The van der Waals surface area contributed by atoms with Crippen molar-refractivity contribution in [3.63, 3.8) is 0 Å². The number of halogens is 1. The maximum atomic E-state index is 13.1. The molecule has 192 valence electrons. The second kappa shape index (κ2) is 11.7. The number of hydrogen-bond donors (Lipinski definition) is 1. The Morgan fingerprint density at radius 3 is 2.38 bits per heavy atom. The molecular weight excluding hydrogens is 522 g/mol. The molecule has 3 heterocycles. The molecule has 3 aromatic heterocycles. The Morgan fingerprint density at radius 2 is 1.70 bits per heavy atom. The molecule has 0 fully saturated rings. The summed E-state index contributed by atoms with van der Waals surface area (Å²) in [5.41, 5.74) is 1.27. The molecule has 37 heavy (non-hydrogen) atoms. The normalized spacial score (nSPS) is 11.0. The minimum atomic E-state index is -4.07. The molecule has 4 aromatic rings. The van der Waals surface area contributed by atoms with Gasteiger partial charge >= 0.3 is 16.2 Å². The Bertz CT molecular complexity index is 1430. The van der Waals surface area contributed by atoms with E-state index in [1.54, 1.807) is 42.6 Å². The van der Waals surface area contributed by atoms with E-state index >= 15 is 0 Å². The van der Waals surface area contributed by atoms with Crippen molar-refractivity contribution in [1.82, 2.24) is 24.9 Å². The van der Waals surface area contributed by atoms with Gasteiger partial charge in [-0.25, -0.2) is 14.7 Å². The van der Waals surface area contributed by atoms with Crippen molar-refractivity contribution in [1.29, 1.82) is 0 Å². The third-order valence-corrected chi connectivity index (χ3v) is 6.57. The summed E-state index contributed by atoms with van der Waals surface area (Å²) in [6.07, 6.45) is 7.14. The maximum absolute atomic E-state index is 13.1. The number of rotatable bonds is 11. The van der Waals surface area contributed by atoms with E-state index in [0.717, 1.165) is 4.31 Å². The topological polar surface area (TPSA) is 142 Å². The van der Waals surface area contributed by atoms with E-state index in [1.807, 2.05) is 0 Å². The lowest BCUT2D eigenvalue weighted by Crippen LogP contribution is -2.33. The lowest BCUT2D eigenvalue weighted by molar-refractivity contribution is 0.201. The van der Waals surface area contributed by atoms with E-state index in [9.17, 15) is 8.42 Å². The number of hydrogen-bond acceptors (Lipinski definition) is 10. The first-order chi connectivity index (χ1) is 17.9. The number of ether oxygens (including phenoxy) is 3.